The van der Waals surface area contributed by atoms with Gasteiger partial charge in [-0.2, -0.15) is 0 Å². The van der Waals surface area contributed by atoms with E-state index in [4.69, 9.17) is 9.47 Å². The largest absolute Gasteiger partial charge is 0.444 e. The molecule has 4 nitrogen and oxygen atoms in total. The minimum atomic E-state index is -0.443. The van der Waals surface area contributed by atoms with Gasteiger partial charge < -0.3 is 9.47 Å². The lowest BCUT2D eigenvalue weighted by molar-refractivity contribution is -0.0314. The zero-order chi connectivity index (χ0) is 12.0. The Morgan fingerprint density at radius 2 is 2.31 bits per heavy atom. The molecule has 2 bridgehead atoms. The van der Waals surface area contributed by atoms with Crippen molar-refractivity contribution in [1.29, 1.82) is 0 Å². The summed E-state index contributed by atoms with van der Waals surface area (Å²) in [6.07, 6.45) is 2.40. The zero-order valence-electron chi connectivity index (χ0n) is 10.2. The van der Waals surface area contributed by atoms with Gasteiger partial charge in [-0.1, -0.05) is 6.08 Å². The Hall–Kier alpha value is -1.03. The molecule has 90 valence electrons. The Kier molecular flexibility index (Phi) is 2.49. The monoisotopic (exact) mass is 225 g/mol. The molecule has 2 heterocycles. The maximum Gasteiger partial charge on any atom is 0.410 e. The Balaban J connectivity index is 2.03. The third kappa shape index (κ3) is 1.94. The number of rotatable bonds is 1. The van der Waals surface area contributed by atoms with Crippen LogP contribution in [0.25, 0.3) is 0 Å². The van der Waals surface area contributed by atoms with Gasteiger partial charge in [-0.25, -0.2) is 4.79 Å². The molecule has 2 saturated heterocycles. The van der Waals surface area contributed by atoms with Crippen molar-refractivity contribution >= 4 is 6.09 Å². The first-order valence-electron chi connectivity index (χ1n) is 5.62. The highest BCUT2D eigenvalue weighted by molar-refractivity contribution is 5.69. The van der Waals surface area contributed by atoms with E-state index in [9.17, 15) is 4.79 Å². The molecular formula is C12H19NO3. The van der Waals surface area contributed by atoms with Crippen LogP contribution in [0, 0.1) is 0 Å². The number of amides is 1. The minimum Gasteiger partial charge on any atom is -0.444 e. The lowest BCUT2D eigenvalue weighted by Crippen LogP contribution is -2.46. The second-order valence-electron chi connectivity index (χ2n) is 5.55. The molecule has 2 aliphatic heterocycles. The Labute approximate surface area is 96.2 Å². The highest BCUT2D eigenvalue weighted by Crippen LogP contribution is 2.38. The van der Waals surface area contributed by atoms with E-state index in [2.05, 4.69) is 6.58 Å². The van der Waals surface area contributed by atoms with Crippen molar-refractivity contribution in [2.75, 3.05) is 13.2 Å². The van der Waals surface area contributed by atoms with Crippen molar-refractivity contribution < 1.29 is 14.3 Å². The molecule has 0 aromatic rings. The van der Waals surface area contributed by atoms with Gasteiger partial charge in [0.25, 0.3) is 0 Å². The van der Waals surface area contributed by atoms with Crippen LogP contribution in [-0.4, -0.2) is 41.4 Å². The first-order chi connectivity index (χ1) is 7.35. The van der Waals surface area contributed by atoms with Crippen molar-refractivity contribution in [3.63, 3.8) is 0 Å². The van der Waals surface area contributed by atoms with E-state index in [0.29, 0.717) is 13.2 Å². The number of nitrogens with zero attached hydrogens (tertiary/aromatic N) is 1. The van der Waals surface area contributed by atoms with E-state index in [-0.39, 0.29) is 17.7 Å². The molecule has 0 N–H and O–H groups in total. The molecule has 4 heteroatoms. The minimum absolute atomic E-state index is 0.146. The average Bonchev–Trinajstić information content (AvgIpc) is 2.72. The molecule has 2 fully saturated rings. The van der Waals surface area contributed by atoms with E-state index < -0.39 is 5.60 Å². The number of carbonyl (C=O) groups excluding carboxylic acids is 1. The van der Waals surface area contributed by atoms with E-state index in [1.807, 2.05) is 20.8 Å². The molecule has 0 aromatic heterocycles. The number of likely N-dealkylation sites (tertiary alicyclic amines) is 1. The van der Waals surface area contributed by atoms with Gasteiger partial charge in [0.15, 0.2) is 0 Å². The summed E-state index contributed by atoms with van der Waals surface area (Å²) in [5.74, 6) is 0. The number of fused-ring (bicyclic) bond motifs is 2. The fraction of sp³-hybridized carbons (Fsp3) is 0.750. The topological polar surface area (TPSA) is 38.8 Å². The summed E-state index contributed by atoms with van der Waals surface area (Å²) in [4.78, 5) is 13.7. The highest BCUT2D eigenvalue weighted by Gasteiger charge is 2.51. The van der Waals surface area contributed by atoms with E-state index >= 15 is 0 Å². The van der Waals surface area contributed by atoms with Crippen molar-refractivity contribution in [3.8, 4) is 0 Å². The fourth-order valence-electron chi connectivity index (χ4n) is 2.25. The summed E-state index contributed by atoms with van der Waals surface area (Å²) in [7, 11) is 0. The Morgan fingerprint density at radius 3 is 2.81 bits per heavy atom. The van der Waals surface area contributed by atoms with E-state index in [0.717, 1.165) is 6.42 Å². The van der Waals surface area contributed by atoms with Crippen LogP contribution in [0.5, 0.6) is 0 Å². The molecule has 2 atom stereocenters. The molecule has 0 spiro atoms. The van der Waals surface area contributed by atoms with Crippen LogP contribution >= 0.6 is 0 Å². The lowest BCUT2D eigenvalue weighted by Gasteiger charge is -2.32. The van der Waals surface area contributed by atoms with Crippen molar-refractivity contribution in [3.05, 3.63) is 12.7 Å². The summed E-state index contributed by atoms with van der Waals surface area (Å²) < 4.78 is 11.0. The summed E-state index contributed by atoms with van der Waals surface area (Å²) in [6.45, 7) is 10.6. The molecule has 0 radical (unpaired) electrons. The lowest BCUT2D eigenvalue weighted by atomic mass is 10.0. The van der Waals surface area contributed by atoms with Gasteiger partial charge in [-0.15, -0.1) is 6.58 Å². The Bertz CT molecular complexity index is 321. The number of carbonyl (C=O) groups is 1. The van der Waals surface area contributed by atoms with Crippen LogP contribution in [0.3, 0.4) is 0 Å². The van der Waals surface area contributed by atoms with Crippen molar-refractivity contribution in [2.45, 2.75) is 44.4 Å². The van der Waals surface area contributed by atoms with E-state index in [1.165, 1.54) is 0 Å². The molecular weight excluding hydrogens is 206 g/mol. The quantitative estimate of drug-likeness (QED) is 0.640. The van der Waals surface area contributed by atoms with Gasteiger partial charge >= 0.3 is 6.09 Å². The predicted octanol–water partition coefficient (Wildman–Crippen LogP) is 1.95. The van der Waals surface area contributed by atoms with Crippen LogP contribution in [0.4, 0.5) is 4.79 Å². The molecule has 16 heavy (non-hydrogen) atoms. The fourth-order valence-corrected chi connectivity index (χ4v) is 2.25. The van der Waals surface area contributed by atoms with Crippen LogP contribution in [0.15, 0.2) is 12.7 Å². The van der Waals surface area contributed by atoms with E-state index in [1.54, 1.807) is 11.0 Å². The number of morpholine rings is 1. The maximum absolute atomic E-state index is 11.9. The van der Waals surface area contributed by atoms with Crippen molar-refractivity contribution in [2.24, 2.45) is 0 Å². The van der Waals surface area contributed by atoms with Gasteiger partial charge in [0.1, 0.15) is 11.2 Å². The second-order valence-corrected chi connectivity index (χ2v) is 5.55. The molecule has 1 amide bonds. The number of hydrogen-bond donors (Lipinski definition) is 0. The summed E-state index contributed by atoms with van der Waals surface area (Å²) in [5.41, 5.74) is -0.775. The summed E-state index contributed by atoms with van der Waals surface area (Å²) in [6, 6.07) is 0.146. The molecule has 2 rings (SSSR count). The van der Waals surface area contributed by atoms with Gasteiger partial charge in [-0.3, -0.25) is 4.90 Å². The normalized spacial score (nSPS) is 32.9. The summed E-state index contributed by atoms with van der Waals surface area (Å²) in [5, 5.41) is 0. The molecule has 0 aromatic carbocycles. The van der Waals surface area contributed by atoms with Gasteiger partial charge in [0.05, 0.1) is 19.2 Å². The SMILES string of the molecule is C=C[C@]12CC(CO1)N(C(=O)OC(C)(C)C)C2. The molecule has 2 aliphatic rings. The van der Waals surface area contributed by atoms with Gasteiger partial charge in [-0.05, 0) is 20.8 Å². The third-order valence-electron chi connectivity index (χ3n) is 3.02. The van der Waals surface area contributed by atoms with Crippen LogP contribution in [0.2, 0.25) is 0 Å². The molecule has 0 aliphatic carbocycles. The number of hydrogen-bond acceptors (Lipinski definition) is 3. The first-order valence-corrected chi connectivity index (χ1v) is 5.62. The first kappa shape index (κ1) is 11.5. The molecule has 1 unspecified atom stereocenters. The van der Waals surface area contributed by atoms with Crippen molar-refractivity contribution in [1.82, 2.24) is 4.90 Å². The van der Waals surface area contributed by atoms with Crippen LogP contribution in [-0.2, 0) is 9.47 Å². The standard InChI is InChI=1S/C12H19NO3/c1-5-12-6-9(7-15-12)13(8-12)10(14)16-11(2,3)4/h5,9H,1,6-8H2,2-4H3/t9?,12-/m1/s1. The third-order valence-corrected chi connectivity index (χ3v) is 3.02. The second kappa shape index (κ2) is 3.48. The highest BCUT2D eigenvalue weighted by atomic mass is 16.6. The van der Waals surface area contributed by atoms with Gasteiger partial charge in [0, 0.05) is 6.42 Å². The number of ether oxygens (including phenoxy) is 2. The smallest absolute Gasteiger partial charge is 0.410 e. The molecule has 0 saturated carbocycles. The maximum atomic E-state index is 11.9. The zero-order valence-corrected chi connectivity index (χ0v) is 10.2. The predicted molar refractivity (Wildman–Crippen MR) is 60.2 cm³/mol. The Morgan fingerprint density at radius 1 is 1.62 bits per heavy atom. The average molecular weight is 225 g/mol. The summed E-state index contributed by atoms with van der Waals surface area (Å²) >= 11 is 0. The van der Waals surface area contributed by atoms with Crippen LogP contribution < -0.4 is 0 Å². The van der Waals surface area contributed by atoms with Crippen LogP contribution in [0.1, 0.15) is 27.2 Å². The van der Waals surface area contributed by atoms with Gasteiger partial charge in [0.2, 0.25) is 0 Å².